The zero-order valence-electron chi connectivity index (χ0n) is 11.9. The Labute approximate surface area is 114 Å². The molecule has 0 bridgehead atoms. The van der Waals surface area contributed by atoms with Crippen molar-refractivity contribution >= 4 is 5.91 Å². The maximum Gasteiger partial charge on any atom is 0.237 e. The molecule has 0 aliphatic carbocycles. The summed E-state index contributed by atoms with van der Waals surface area (Å²) in [6.45, 7) is 7.24. The van der Waals surface area contributed by atoms with Gasteiger partial charge in [-0.05, 0) is 39.3 Å². The van der Waals surface area contributed by atoms with Crippen LogP contribution >= 0.6 is 0 Å². The molecule has 1 atom stereocenters. The lowest BCUT2D eigenvalue weighted by molar-refractivity contribution is -0.126. The quantitative estimate of drug-likeness (QED) is 0.747. The summed E-state index contributed by atoms with van der Waals surface area (Å²) in [4.78, 5) is 14.2. The second-order valence-electron chi connectivity index (χ2n) is 4.88. The fraction of sp³-hybridized carbons (Fsp3) is 0.643. The fourth-order valence-electron chi connectivity index (χ4n) is 2.04. The SMILES string of the molecule is CC(C)N(CCCO)C(C)C(=O)NCc1ccco1. The van der Waals surface area contributed by atoms with E-state index < -0.39 is 0 Å². The van der Waals surface area contributed by atoms with Gasteiger partial charge in [-0.25, -0.2) is 0 Å². The van der Waals surface area contributed by atoms with Crippen LogP contribution in [0.5, 0.6) is 0 Å². The Balaban J connectivity index is 2.48. The standard InChI is InChI=1S/C14H24N2O3/c1-11(2)16(7-5-8-17)12(3)14(18)15-10-13-6-4-9-19-13/h4,6,9,11-12,17H,5,7-8,10H2,1-3H3,(H,15,18). The summed E-state index contributed by atoms with van der Waals surface area (Å²) >= 11 is 0. The minimum absolute atomic E-state index is 0.0250. The zero-order chi connectivity index (χ0) is 14.3. The van der Waals surface area contributed by atoms with Crippen LogP contribution in [-0.2, 0) is 11.3 Å². The predicted octanol–water partition coefficient (Wildman–Crippen LogP) is 1.38. The van der Waals surface area contributed by atoms with Crippen LogP contribution < -0.4 is 5.32 Å². The Morgan fingerprint density at radius 3 is 2.74 bits per heavy atom. The summed E-state index contributed by atoms with van der Waals surface area (Å²) in [7, 11) is 0. The molecule has 0 spiro atoms. The lowest BCUT2D eigenvalue weighted by Crippen LogP contribution is -2.48. The van der Waals surface area contributed by atoms with E-state index in [9.17, 15) is 4.79 Å². The lowest BCUT2D eigenvalue weighted by atomic mass is 10.2. The molecule has 0 radical (unpaired) electrons. The highest BCUT2D eigenvalue weighted by molar-refractivity contribution is 5.81. The van der Waals surface area contributed by atoms with Crippen LogP contribution in [0.1, 0.15) is 33.0 Å². The number of nitrogens with zero attached hydrogens (tertiary/aromatic N) is 1. The number of nitrogens with one attached hydrogen (secondary N) is 1. The first-order valence-corrected chi connectivity index (χ1v) is 6.73. The van der Waals surface area contributed by atoms with Crippen molar-refractivity contribution in [1.29, 1.82) is 0 Å². The summed E-state index contributed by atoms with van der Waals surface area (Å²) in [5.74, 6) is 0.718. The molecule has 0 fully saturated rings. The number of hydrogen-bond acceptors (Lipinski definition) is 4. The van der Waals surface area contributed by atoms with E-state index in [1.165, 1.54) is 0 Å². The van der Waals surface area contributed by atoms with Gasteiger partial charge >= 0.3 is 0 Å². The van der Waals surface area contributed by atoms with Gasteiger partial charge in [-0.1, -0.05) is 0 Å². The van der Waals surface area contributed by atoms with Gasteiger partial charge in [0, 0.05) is 19.2 Å². The van der Waals surface area contributed by atoms with Gasteiger partial charge in [0.15, 0.2) is 0 Å². The fourth-order valence-corrected chi connectivity index (χ4v) is 2.04. The minimum atomic E-state index is -0.221. The van der Waals surface area contributed by atoms with Crippen molar-refractivity contribution in [2.45, 2.75) is 45.8 Å². The molecule has 0 aliphatic heterocycles. The third kappa shape index (κ3) is 5.04. The molecule has 1 rings (SSSR count). The van der Waals surface area contributed by atoms with Crippen molar-refractivity contribution < 1.29 is 14.3 Å². The average molecular weight is 268 g/mol. The topological polar surface area (TPSA) is 65.7 Å². The van der Waals surface area contributed by atoms with Gasteiger partial charge in [-0.3, -0.25) is 9.69 Å². The van der Waals surface area contributed by atoms with Gasteiger partial charge in [0.1, 0.15) is 5.76 Å². The molecule has 108 valence electrons. The van der Waals surface area contributed by atoms with Crippen molar-refractivity contribution in [2.75, 3.05) is 13.2 Å². The highest BCUT2D eigenvalue weighted by atomic mass is 16.3. The molecule has 1 aromatic rings. The van der Waals surface area contributed by atoms with Gasteiger partial charge in [0.25, 0.3) is 0 Å². The van der Waals surface area contributed by atoms with Gasteiger partial charge in [-0.2, -0.15) is 0 Å². The van der Waals surface area contributed by atoms with Crippen molar-refractivity contribution in [1.82, 2.24) is 10.2 Å². The second-order valence-corrected chi connectivity index (χ2v) is 4.88. The minimum Gasteiger partial charge on any atom is -0.467 e. The van der Waals surface area contributed by atoms with E-state index in [1.807, 2.05) is 26.8 Å². The molecule has 1 aromatic heterocycles. The number of aliphatic hydroxyl groups excluding tert-OH is 1. The summed E-state index contributed by atoms with van der Waals surface area (Å²) < 4.78 is 5.18. The molecule has 0 saturated heterocycles. The average Bonchev–Trinajstić information content (AvgIpc) is 2.88. The molecule has 5 nitrogen and oxygen atoms in total. The number of carbonyl (C=O) groups excluding carboxylic acids is 1. The largest absolute Gasteiger partial charge is 0.467 e. The monoisotopic (exact) mass is 268 g/mol. The van der Waals surface area contributed by atoms with Crippen LogP contribution in [0.25, 0.3) is 0 Å². The van der Waals surface area contributed by atoms with Crippen LogP contribution in [0.2, 0.25) is 0 Å². The molecular formula is C14H24N2O3. The van der Waals surface area contributed by atoms with Crippen LogP contribution in [0, 0.1) is 0 Å². The molecular weight excluding hydrogens is 244 g/mol. The van der Waals surface area contributed by atoms with Crippen molar-refractivity contribution in [3.63, 3.8) is 0 Å². The van der Waals surface area contributed by atoms with Crippen molar-refractivity contribution in [2.24, 2.45) is 0 Å². The molecule has 0 saturated carbocycles. The van der Waals surface area contributed by atoms with E-state index in [1.54, 1.807) is 12.3 Å². The van der Waals surface area contributed by atoms with Crippen LogP contribution in [0.3, 0.4) is 0 Å². The summed E-state index contributed by atoms with van der Waals surface area (Å²) in [5.41, 5.74) is 0. The zero-order valence-corrected chi connectivity index (χ0v) is 11.9. The van der Waals surface area contributed by atoms with Crippen LogP contribution in [-0.4, -0.2) is 41.1 Å². The number of amides is 1. The Hall–Kier alpha value is -1.33. The van der Waals surface area contributed by atoms with E-state index in [0.29, 0.717) is 19.5 Å². The Morgan fingerprint density at radius 1 is 1.47 bits per heavy atom. The van der Waals surface area contributed by atoms with Crippen LogP contribution in [0.15, 0.2) is 22.8 Å². The van der Waals surface area contributed by atoms with Gasteiger partial charge in [-0.15, -0.1) is 0 Å². The number of hydrogen-bond donors (Lipinski definition) is 2. The normalized spacial score (nSPS) is 12.9. The molecule has 1 unspecified atom stereocenters. The molecule has 5 heteroatoms. The summed E-state index contributed by atoms with van der Waals surface area (Å²) in [6.07, 6.45) is 2.26. The first kappa shape index (κ1) is 15.7. The number of rotatable bonds is 8. The van der Waals surface area contributed by atoms with E-state index in [2.05, 4.69) is 10.2 Å². The first-order chi connectivity index (χ1) is 9.06. The smallest absolute Gasteiger partial charge is 0.237 e. The van der Waals surface area contributed by atoms with Gasteiger partial charge < -0.3 is 14.8 Å². The summed E-state index contributed by atoms with van der Waals surface area (Å²) in [5, 5.41) is 11.8. The lowest BCUT2D eigenvalue weighted by Gasteiger charge is -2.31. The van der Waals surface area contributed by atoms with Crippen LogP contribution in [0.4, 0.5) is 0 Å². The van der Waals surface area contributed by atoms with Crippen molar-refractivity contribution in [3.05, 3.63) is 24.2 Å². The maximum absolute atomic E-state index is 12.1. The highest BCUT2D eigenvalue weighted by Crippen LogP contribution is 2.07. The molecule has 2 N–H and O–H groups in total. The maximum atomic E-state index is 12.1. The third-order valence-corrected chi connectivity index (χ3v) is 3.13. The Kier molecular flexibility index (Phi) is 6.59. The number of furan rings is 1. The first-order valence-electron chi connectivity index (χ1n) is 6.73. The van der Waals surface area contributed by atoms with Gasteiger partial charge in [0.05, 0.1) is 18.8 Å². The van der Waals surface area contributed by atoms with E-state index in [-0.39, 0.29) is 24.6 Å². The van der Waals surface area contributed by atoms with E-state index in [4.69, 9.17) is 9.52 Å². The summed E-state index contributed by atoms with van der Waals surface area (Å²) in [6, 6.07) is 3.67. The highest BCUT2D eigenvalue weighted by Gasteiger charge is 2.22. The Morgan fingerprint density at radius 2 is 2.21 bits per heavy atom. The Bertz CT molecular complexity index is 363. The molecule has 19 heavy (non-hydrogen) atoms. The molecule has 0 aliphatic rings. The van der Waals surface area contributed by atoms with E-state index >= 15 is 0 Å². The number of carbonyl (C=O) groups is 1. The second kappa shape index (κ2) is 7.96. The number of aliphatic hydroxyl groups is 1. The molecule has 1 amide bonds. The van der Waals surface area contributed by atoms with Crippen molar-refractivity contribution in [3.8, 4) is 0 Å². The van der Waals surface area contributed by atoms with E-state index in [0.717, 1.165) is 5.76 Å². The third-order valence-electron chi connectivity index (χ3n) is 3.13. The predicted molar refractivity (Wildman–Crippen MR) is 73.6 cm³/mol. The molecule has 1 heterocycles. The van der Waals surface area contributed by atoms with Gasteiger partial charge in [0.2, 0.25) is 5.91 Å². The molecule has 0 aromatic carbocycles.